The van der Waals surface area contributed by atoms with Crippen molar-refractivity contribution in [2.45, 2.75) is 25.3 Å². The minimum Gasteiger partial charge on any atom is -0.327 e. The van der Waals surface area contributed by atoms with E-state index >= 15 is 0 Å². The van der Waals surface area contributed by atoms with E-state index in [-0.39, 0.29) is 0 Å². The van der Waals surface area contributed by atoms with Gasteiger partial charge in [0.2, 0.25) is 0 Å². The van der Waals surface area contributed by atoms with Gasteiger partial charge in [0.1, 0.15) is 0 Å². The molecule has 2 aliphatic rings. The Morgan fingerprint density at radius 3 is 2.71 bits per heavy atom. The Bertz CT molecular complexity index is 183. The second kappa shape index (κ2) is 4.60. The summed E-state index contributed by atoms with van der Waals surface area (Å²) in [4.78, 5) is 5.01. The molecule has 3 heteroatoms. The molecule has 2 atom stereocenters. The molecule has 2 aliphatic heterocycles. The Hall–Kier alpha value is -0.120. The standard InChI is InChI=1S/C11H23N3/c1-13-6-4-10(7-13)8-14-5-2-3-11(12)9-14/h10-11H,2-9,12H2,1H3. The Morgan fingerprint density at radius 2 is 2.07 bits per heavy atom. The first-order chi connectivity index (χ1) is 6.74. The fraction of sp³-hybridized carbons (Fsp3) is 1.00. The summed E-state index contributed by atoms with van der Waals surface area (Å²) in [7, 11) is 2.22. The highest BCUT2D eigenvalue weighted by atomic mass is 15.2. The first-order valence-electron chi connectivity index (χ1n) is 5.90. The maximum absolute atomic E-state index is 5.97. The van der Waals surface area contributed by atoms with E-state index in [4.69, 9.17) is 5.73 Å². The Kier molecular flexibility index (Phi) is 3.42. The number of nitrogens with zero attached hydrogens (tertiary/aromatic N) is 2. The molecule has 0 aromatic rings. The SMILES string of the molecule is CN1CCC(CN2CCCC(N)C2)C1. The summed E-state index contributed by atoms with van der Waals surface area (Å²) in [5.74, 6) is 0.894. The maximum atomic E-state index is 5.97. The van der Waals surface area contributed by atoms with Crippen molar-refractivity contribution in [1.29, 1.82) is 0 Å². The molecule has 3 nitrogen and oxygen atoms in total. The van der Waals surface area contributed by atoms with Gasteiger partial charge in [0.15, 0.2) is 0 Å². The summed E-state index contributed by atoms with van der Waals surface area (Å²) >= 11 is 0. The highest BCUT2D eigenvalue weighted by Crippen LogP contribution is 2.18. The van der Waals surface area contributed by atoms with E-state index in [1.807, 2.05) is 0 Å². The molecule has 0 radical (unpaired) electrons. The van der Waals surface area contributed by atoms with Gasteiger partial charge in [-0.3, -0.25) is 0 Å². The lowest BCUT2D eigenvalue weighted by molar-refractivity contribution is 0.181. The van der Waals surface area contributed by atoms with Gasteiger partial charge in [-0.05, 0) is 45.3 Å². The van der Waals surface area contributed by atoms with Crippen molar-refractivity contribution in [3.05, 3.63) is 0 Å². The van der Waals surface area contributed by atoms with Gasteiger partial charge in [0.05, 0.1) is 0 Å². The van der Waals surface area contributed by atoms with E-state index in [0.29, 0.717) is 6.04 Å². The van der Waals surface area contributed by atoms with Gasteiger partial charge in [0.25, 0.3) is 0 Å². The van der Waals surface area contributed by atoms with Gasteiger partial charge in [-0.25, -0.2) is 0 Å². The quantitative estimate of drug-likeness (QED) is 0.694. The molecular weight excluding hydrogens is 174 g/mol. The predicted octanol–water partition coefficient (Wildman–Crippen LogP) is 0.361. The van der Waals surface area contributed by atoms with Gasteiger partial charge in [0, 0.05) is 25.7 Å². The van der Waals surface area contributed by atoms with Crippen LogP contribution in [-0.2, 0) is 0 Å². The van der Waals surface area contributed by atoms with Crippen molar-refractivity contribution >= 4 is 0 Å². The molecule has 14 heavy (non-hydrogen) atoms. The lowest BCUT2D eigenvalue weighted by atomic mass is 10.0. The van der Waals surface area contributed by atoms with Crippen LogP contribution in [0.5, 0.6) is 0 Å². The molecule has 0 bridgehead atoms. The third kappa shape index (κ3) is 2.69. The summed E-state index contributed by atoms with van der Waals surface area (Å²) < 4.78 is 0. The molecule has 2 rings (SSSR count). The predicted molar refractivity (Wildman–Crippen MR) is 59.3 cm³/mol. The number of hydrogen-bond donors (Lipinski definition) is 1. The summed E-state index contributed by atoms with van der Waals surface area (Å²) in [5.41, 5.74) is 5.97. The summed E-state index contributed by atoms with van der Waals surface area (Å²) in [6.07, 6.45) is 3.90. The molecule has 0 aromatic heterocycles. The third-order valence-electron chi connectivity index (χ3n) is 3.55. The monoisotopic (exact) mass is 197 g/mol. The zero-order valence-electron chi connectivity index (χ0n) is 9.28. The first kappa shape index (κ1) is 10.4. The van der Waals surface area contributed by atoms with Crippen molar-refractivity contribution in [3.8, 4) is 0 Å². The number of nitrogens with two attached hydrogens (primary N) is 1. The first-order valence-corrected chi connectivity index (χ1v) is 5.90. The van der Waals surface area contributed by atoms with Crippen molar-refractivity contribution in [2.75, 3.05) is 39.8 Å². The smallest absolute Gasteiger partial charge is 0.0168 e. The summed E-state index contributed by atoms with van der Waals surface area (Å²) in [5, 5.41) is 0. The van der Waals surface area contributed by atoms with E-state index in [9.17, 15) is 0 Å². The summed E-state index contributed by atoms with van der Waals surface area (Å²) in [6.45, 7) is 6.24. The molecule has 2 unspecified atom stereocenters. The molecule has 2 saturated heterocycles. The molecule has 0 aliphatic carbocycles. The molecule has 0 amide bonds. The zero-order valence-corrected chi connectivity index (χ0v) is 9.28. The minimum absolute atomic E-state index is 0.433. The van der Waals surface area contributed by atoms with Crippen LogP contribution in [0.4, 0.5) is 0 Å². The fourth-order valence-corrected chi connectivity index (χ4v) is 2.80. The fourth-order valence-electron chi connectivity index (χ4n) is 2.80. The van der Waals surface area contributed by atoms with Crippen LogP contribution in [0.2, 0.25) is 0 Å². The van der Waals surface area contributed by atoms with Crippen LogP contribution < -0.4 is 5.73 Å². The molecule has 0 spiro atoms. The zero-order chi connectivity index (χ0) is 9.97. The second-order valence-corrected chi connectivity index (χ2v) is 5.08. The average Bonchev–Trinajstić information content (AvgIpc) is 2.51. The van der Waals surface area contributed by atoms with Gasteiger partial charge >= 0.3 is 0 Å². The van der Waals surface area contributed by atoms with E-state index in [0.717, 1.165) is 12.5 Å². The van der Waals surface area contributed by atoms with Gasteiger partial charge < -0.3 is 15.5 Å². The maximum Gasteiger partial charge on any atom is 0.0168 e. The van der Waals surface area contributed by atoms with Crippen LogP contribution in [0.25, 0.3) is 0 Å². The number of likely N-dealkylation sites (tertiary alicyclic amines) is 2. The van der Waals surface area contributed by atoms with E-state index in [1.54, 1.807) is 0 Å². The molecule has 82 valence electrons. The minimum atomic E-state index is 0.433. The van der Waals surface area contributed by atoms with Gasteiger partial charge in [-0.2, -0.15) is 0 Å². The number of rotatable bonds is 2. The Balaban J connectivity index is 1.74. The molecule has 0 aromatic carbocycles. The van der Waals surface area contributed by atoms with E-state index < -0.39 is 0 Å². The third-order valence-corrected chi connectivity index (χ3v) is 3.55. The summed E-state index contributed by atoms with van der Waals surface area (Å²) in [6, 6.07) is 0.433. The molecular formula is C11H23N3. The van der Waals surface area contributed by atoms with Crippen LogP contribution in [0.3, 0.4) is 0 Å². The van der Waals surface area contributed by atoms with Crippen LogP contribution in [0.1, 0.15) is 19.3 Å². The normalized spacial score (nSPS) is 36.4. The Morgan fingerprint density at radius 1 is 1.21 bits per heavy atom. The average molecular weight is 197 g/mol. The van der Waals surface area contributed by atoms with Gasteiger partial charge in [-0.1, -0.05) is 0 Å². The number of piperidine rings is 1. The topological polar surface area (TPSA) is 32.5 Å². The lowest BCUT2D eigenvalue weighted by Gasteiger charge is -2.32. The van der Waals surface area contributed by atoms with Gasteiger partial charge in [-0.15, -0.1) is 0 Å². The molecule has 2 N–H and O–H groups in total. The van der Waals surface area contributed by atoms with Crippen LogP contribution in [-0.4, -0.2) is 55.6 Å². The van der Waals surface area contributed by atoms with E-state index in [2.05, 4.69) is 16.8 Å². The van der Waals surface area contributed by atoms with E-state index in [1.165, 1.54) is 45.4 Å². The molecule has 0 saturated carbocycles. The lowest BCUT2D eigenvalue weighted by Crippen LogP contribution is -2.44. The van der Waals surface area contributed by atoms with Crippen molar-refractivity contribution in [1.82, 2.24) is 9.80 Å². The van der Waals surface area contributed by atoms with Crippen LogP contribution in [0.15, 0.2) is 0 Å². The van der Waals surface area contributed by atoms with Crippen molar-refractivity contribution in [2.24, 2.45) is 11.7 Å². The van der Waals surface area contributed by atoms with Crippen LogP contribution in [0, 0.1) is 5.92 Å². The number of hydrogen-bond acceptors (Lipinski definition) is 3. The van der Waals surface area contributed by atoms with Crippen LogP contribution >= 0.6 is 0 Å². The highest BCUT2D eigenvalue weighted by Gasteiger charge is 2.24. The van der Waals surface area contributed by atoms with Crippen molar-refractivity contribution < 1.29 is 0 Å². The highest BCUT2D eigenvalue weighted by molar-refractivity contribution is 4.80. The van der Waals surface area contributed by atoms with Crippen molar-refractivity contribution in [3.63, 3.8) is 0 Å². The molecule has 2 heterocycles. The largest absolute Gasteiger partial charge is 0.327 e. The second-order valence-electron chi connectivity index (χ2n) is 5.08. The molecule has 2 fully saturated rings. The Labute approximate surface area is 87.2 Å².